The summed E-state index contributed by atoms with van der Waals surface area (Å²) in [6.45, 7) is 0. The molecule has 0 bridgehead atoms. The molecule has 0 spiro atoms. The van der Waals surface area contributed by atoms with Gasteiger partial charge in [-0.25, -0.2) is 0 Å². The van der Waals surface area contributed by atoms with Gasteiger partial charge in [0.25, 0.3) is 0 Å². The van der Waals surface area contributed by atoms with E-state index in [1.165, 1.54) is 5.56 Å². The molecule has 0 N–H and O–H groups in total. The molecule has 0 aliphatic rings. The highest BCUT2D eigenvalue weighted by molar-refractivity contribution is 7.81. The van der Waals surface area contributed by atoms with Crippen LogP contribution < -0.4 is 0 Å². The van der Waals surface area contributed by atoms with Crippen molar-refractivity contribution in [1.82, 2.24) is 0 Å². The zero-order valence-corrected chi connectivity index (χ0v) is 8.06. The van der Waals surface area contributed by atoms with Crippen molar-refractivity contribution in [3.63, 3.8) is 0 Å². The molecule has 0 saturated carbocycles. The second kappa shape index (κ2) is 4.73. The Labute approximate surface area is 78.8 Å². The largest absolute Gasteiger partial charge is 0.179 e. The van der Waals surface area contributed by atoms with E-state index in [-0.39, 0.29) is 0 Å². The van der Waals surface area contributed by atoms with Gasteiger partial charge in [-0.05, 0) is 17.7 Å². The van der Waals surface area contributed by atoms with E-state index in [2.05, 4.69) is 37.4 Å². The lowest BCUT2D eigenvalue weighted by molar-refractivity contribution is 0.916. The van der Waals surface area contributed by atoms with Crippen molar-refractivity contribution < 1.29 is 0 Å². The fraction of sp³-hybridized carbons (Fsp3) is 0.333. The molecule has 11 heavy (non-hydrogen) atoms. The van der Waals surface area contributed by atoms with Gasteiger partial charge in [0.15, 0.2) is 0 Å². The zero-order valence-electron chi connectivity index (χ0n) is 6.27. The van der Waals surface area contributed by atoms with Crippen LogP contribution in [0.4, 0.5) is 0 Å². The first-order valence-electron chi connectivity index (χ1n) is 3.68. The Morgan fingerprint density at radius 2 is 1.82 bits per heavy atom. The molecule has 0 aromatic heterocycles. The second-order valence-corrected chi connectivity index (χ2v) is 3.51. The Balaban J connectivity index is 2.61. The molecule has 1 unspecified atom stereocenters. The topological polar surface area (TPSA) is 0 Å². The Hall–Kier alpha value is -0.0800. The van der Waals surface area contributed by atoms with Gasteiger partial charge in [0.05, 0.1) is 0 Å². The van der Waals surface area contributed by atoms with Crippen molar-refractivity contribution in [2.45, 2.75) is 11.7 Å². The molecule has 1 aromatic rings. The maximum absolute atomic E-state index is 4.45. The van der Waals surface area contributed by atoms with E-state index in [1.807, 2.05) is 18.2 Å². The third-order valence-electron chi connectivity index (χ3n) is 1.59. The average Bonchev–Trinajstić information content (AvgIpc) is 2.07. The van der Waals surface area contributed by atoms with Crippen LogP contribution in [0.15, 0.2) is 30.3 Å². The molecule has 60 valence electrons. The summed E-state index contributed by atoms with van der Waals surface area (Å²) in [5.41, 5.74) is 1.28. The van der Waals surface area contributed by atoms with Crippen molar-refractivity contribution in [3.05, 3.63) is 35.9 Å². The van der Waals surface area contributed by atoms with Gasteiger partial charge in [0.2, 0.25) is 0 Å². The molecular formula is C9H12S2. The average molecular weight is 184 g/mol. The monoisotopic (exact) mass is 184 g/mol. The van der Waals surface area contributed by atoms with Crippen molar-refractivity contribution in [2.75, 3.05) is 5.75 Å². The molecule has 0 heterocycles. The van der Waals surface area contributed by atoms with Gasteiger partial charge in [0.1, 0.15) is 0 Å². The molecule has 0 amide bonds. The van der Waals surface area contributed by atoms with Gasteiger partial charge in [-0.3, -0.25) is 0 Å². The Morgan fingerprint density at radius 3 is 2.36 bits per heavy atom. The zero-order chi connectivity index (χ0) is 8.10. The van der Waals surface area contributed by atoms with Crippen molar-refractivity contribution in [3.8, 4) is 0 Å². The number of hydrogen-bond acceptors (Lipinski definition) is 2. The van der Waals surface area contributed by atoms with Crippen LogP contribution in [0, 0.1) is 0 Å². The van der Waals surface area contributed by atoms with Gasteiger partial charge in [-0.15, -0.1) is 0 Å². The van der Waals surface area contributed by atoms with Crippen LogP contribution >= 0.6 is 25.3 Å². The molecule has 0 aliphatic heterocycles. The highest BCUT2D eigenvalue weighted by Gasteiger charge is 2.02. The molecule has 0 nitrogen and oxygen atoms in total. The summed E-state index contributed by atoms with van der Waals surface area (Å²) in [4.78, 5) is 0. The SMILES string of the molecule is SCCC(S)c1ccccc1. The summed E-state index contributed by atoms with van der Waals surface area (Å²) in [7, 11) is 0. The third-order valence-corrected chi connectivity index (χ3v) is 2.40. The molecule has 0 aliphatic carbocycles. The maximum atomic E-state index is 4.45. The van der Waals surface area contributed by atoms with Crippen LogP contribution in [0.5, 0.6) is 0 Å². The normalized spacial score (nSPS) is 12.9. The van der Waals surface area contributed by atoms with Gasteiger partial charge < -0.3 is 0 Å². The van der Waals surface area contributed by atoms with Crippen LogP contribution in [0.1, 0.15) is 17.2 Å². The lowest BCUT2D eigenvalue weighted by atomic mass is 10.1. The standard InChI is InChI=1S/C9H12S2/c10-7-6-9(11)8-4-2-1-3-5-8/h1-5,9-11H,6-7H2. The van der Waals surface area contributed by atoms with E-state index in [4.69, 9.17) is 0 Å². The van der Waals surface area contributed by atoms with E-state index in [0.717, 1.165) is 12.2 Å². The first-order valence-corrected chi connectivity index (χ1v) is 4.83. The minimum Gasteiger partial charge on any atom is -0.179 e. The van der Waals surface area contributed by atoms with Gasteiger partial charge in [-0.2, -0.15) is 25.3 Å². The highest BCUT2D eigenvalue weighted by Crippen LogP contribution is 2.22. The molecule has 0 radical (unpaired) electrons. The smallest absolute Gasteiger partial charge is 0.0274 e. The fourth-order valence-corrected chi connectivity index (χ4v) is 1.73. The van der Waals surface area contributed by atoms with Crippen LogP contribution in [-0.2, 0) is 0 Å². The predicted octanol–water partition coefficient (Wildman–Crippen LogP) is 2.98. The van der Waals surface area contributed by atoms with Crippen LogP contribution in [0.25, 0.3) is 0 Å². The van der Waals surface area contributed by atoms with Gasteiger partial charge in [-0.1, -0.05) is 30.3 Å². The summed E-state index contributed by atoms with van der Waals surface area (Å²) >= 11 is 8.61. The van der Waals surface area contributed by atoms with Gasteiger partial charge >= 0.3 is 0 Å². The molecule has 1 rings (SSSR count). The molecule has 1 atom stereocenters. The second-order valence-electron chi connectivity index (χ2n) is 2.44. The summed E-state index contributed by atoms with van der Waals surface area (Å²) < 4.78 is 0. The van der Waals surface area contributed by atoms with Crippen molar-refractivity contribution in [2.24, 2.45) is 0 Å². The summed E-state index contributed by atoms with van der Waals surface area (Å²) in [5.74, 6) is 0.892. The highest BCUT2D eigenvalue weighted by atomic mass is 32.1. The number of rotatable bonds is 3. The summed E-state index contributed by atoms with van der Waals surface area (Å²) in [6, 6.07) is 10.3. The molecule has 0 saturated heterocycles. The minimum atomic E-state index is 0.341. The Kier molecular flexibility index (Phi) is 3.87. The van der Waals surface area contributed by atoms with Crippen molar-refractivity contribution >= 4 is 25.3 Å². The third kappa shape index (κ3) is 2.80. The van der Waals surface area contributed by atoms with E-state index in [1.54, 1.807) is 0 Å². The number of thiol groups is 2. The quantitative estimate of drug-likeness (QED) is 0.663. The first kappa shape index (κ1) is 9.01. The molecule has 0 fully saturated rings. The maximum Gasteiger partial charge on any atom is 0.0274 e. The Bertz CT molecular complexity index is 196. The first-order chi connectivity index (χ1) is 5.34. The number of benzene rings is 1. The lowest BCUT2D eigenvalue weighted by Crippen LogP contribution is -1.90. The van der Waals surface area contributed by atoms with E-state index >= 15 is 0 Å². The minimum absolute atomic E-state index is 0.341. The van der Waals surface area contributed by atoms with E-state index < -0.39 is 0 Å². The van der Waals surface area contributed by atoms with Gasteiger partial charge in [0, 0.05) is 5.25 Å². The van der Waals surface area contributed by atoms with Crippen molar-refractivity contribution in [1.29, 1.82) is 0 Å². The lowest BCUT2D eigenvalue weighted by Gasteiger charge is -2.07. The van der Waals surface area contributed by atoms with Crippen LogP contribution in [0.3, 0.4) is 0 Å². The molecular weight excluding hydrogens is 172 g/mol. The van der Waals surface area contributed by atoms with Crippen LogP contribution in [0.2, 0.25) is 0 Å². The molecule has 1 aromatic carbocycles. The molecule has 2 heteroatoms. The number of hydrogen-bond donors (Lipinski definition) is 2. The summed E-state index contributed by atoms with van der Waals surface area (Å²) in [6.07, 6.45) is 1.02. The van der Waals surface area contributed by atoms with Crippen LogP contribution in [-0.4, -0.2) is 5.75 Å². The predicted molar refractivity (Wildman–Crippen MR) is 56.6 cm³/mol. The van der Waals surface area contributed by atoms with E-state index in [9.17, 15) is 0 Å². The van der Waals surface area contributed by atoms with E-state index in [0.29, 0.717) is 5.25 Å². The Morgan fingerprint density at radius 1 is 1.18 bits per heavy atom. The summed E-state index contributed by atoms with van der Waals surface area (Å²) in [5, 5.41) is 0.341. The fourth-order valence-electron chi connectivity index (χ4n) is 0.964.